The van der Waals surface area contributed by atoms with E-state index in [9.17, 15) is 0 Å². The first-order valence-electron chi connectivity index (χ1n) is 4.37. The summed E-state index contributed by atoms with van der Waals surface area (Å²) >= 11 is 0. The van der Waals surface area contributed by atoms with Gasteiger partial charge >= 0.3 is 0 Å². The minimum Gasteiger partial charge on any atom is -0.396 e. The van der Waals surface area contributed by atoms with Gasteiger partial charge in [0, 0.05) is 6.20 Å². The van der Waals surface area contributed by atoms with E-state index in [1.54, 1.807) is 0 Å². The van der Waals surface area contributed by atoms with Gasteiger partial charge in [-0.05, 0) is 6.07 Å². The molecular weight excluding hydrogens is 204 g/mol. The van der Waals surface area contributed by atoms with Gasteiger partial charge in [0.2, 0.25) is 0 Å². The zero-order chi connectivity index (χ0) is 12.0. The Morgan fingerprint density at radius 1 is 1.25 bits per heavy atom. The van der Waals surface area contributed by atoms with E-state index in [2.05, 4.69) is 4.98 Å². The van der Waals surface area contributed by atoms with Crippen molar-refractivity contribution < 1.29 is 0 Å². The van der Waals surface area contributed by atoms with Crippen molar-refractivity contribution in [3.05, 3.63) is 17.8 Å². The number of aromatic nitrogens is 1. The number of nitriles is 3. The topological polar surface area (TPSA) is 114 Å². The molecule has 1 aromatic rings. The van der Waals surface area contributed by atoms with Gasteiger partial charge in [0.05, 0.1) is 23.4 Å². The predicted molar refractivity (Wildman–Crippen MR) is 56.8 cm³/mol. The molecule has 0 bridgehead atoms. The summed E-state index contributed by atoms with van der Waals surface area (Å²) in [4.78, 5) is 5.40. The Balaban J connectivity index is 3.08. The number of rotatable bonds is 3. The first kappa shape index (κ1) is 11.3. The fourth-order valence-electron chi connectivity index (χ4n) is 1.18. The zero-order valence-electron chi connectivity index (χ0n) is 8.38. The molecule has 1 rings (SSSR count). The van der Waals surface area contributed by atoms with Gasteiger partial charge in [-0.15, -0.1) is 0 Å². The van der Waals surface area contributed by atoms with E-state index in [1.165, 1.54) is 17.2 Å². The van der Waals surface area contributed by atoms with Gasteiger partial charge < -0.3 is 10.6 Å². The second-order valence-corrected chi connectivity index (χ2v) is 2.92. The Morgan fingerprint density at radius 3 is 2.31 bits per heavy atom. The van der Waals surface area contributed by atoms with Crippen LogP contribution in [0.3, 0.4) is 0 Å². The molecule has 0 unspecified atom stereocenters. The van der Waals surface area contributed by atoms with Crippen molar-refractivity contribution in [1.29, 1.82) is 15.8 Å². The summed E-state index contributed by atoms with van der Waals surface area (Å²) in [6.07, 6.45) is 1.35. The third-order valence-corrected chi connectivity index (χ3v) is 1.85. The summed E-state index contributed by atoms with van der Waals surface area (Å²) in [5.74, 6) is 0.349. The largest absolute Gasteiger partial charge is 0.396 e. The molecule has 0 saturated carbocycles. The van der Waals surface area contributed by atoms with Crippen LogP contribution < -0.4 is 10.6 Å². The zero-order valence-corrected chi connectivity index (χ0v) is 8.38. The van der Waals surface area contributed by atoms with Crippen molar-refractivity contribution in [2.45, 2.75) is 0 Å². The highest BCUT2D eigenvalue weighted by atomic mass is 15.2. The summed E-state index contributed by atoms with van der Waals surface area (Å²) in [7, 11) is 0. The van der Waals surface area contributed by atoms with E-state index in [-0.39, 0.29) is 18.8 Å². The number of anilines is 2. The molecule has 0 aliphatic heterocycles. The van der Waals surface area contributed by atoms with Crippen molar-refractivity contribution in [1.82, 2.24) is 4.98 Å². The maximum Gasteiger partial charge on any atom is 0.153 e. The average molecular weight is 212 g/mol. The van der Waals surface area contributed by atoms with Crippen LogP contribution in [0.15, 0.2) is 12.3 Å². The number of hydrogen-bond donors (Lipinski definition) is 1. The van der Waals surface area contributed by atoms with Crippen LogP contribution in [0.4, 0.5) is 11.5 Å². The van der Waals surface area contributed by atoms with Crippen LogP contribution in [0.25, 0.3) is 0 Å². The first-order valence-corrected chi connectivity index (χ1v) is 4.37. The fraction of sp³-hybridized carbons (Fsp3) is 0.200. The quantitative estimate of drug-likeness (QED) is 0.725. The predicted octanol–water partition coefficient (Wildman–Crippen LogP) is 0.389. The van der Waals surface area contributed by atoms with Crippen LogP contribution in [-0.4, -0.2) is 18.1 Å². The van der Waals surface area contributed by atoms with Gasteiger partial charge in [0.15, 0.2) is 5.82 Å². The van der Waals surface area contributed by atoms with Crippen molar-refractivity contribution in [2.24, 2.45) is 0 Å². The lowest BCUT2D eigenvalue weighted by atomic mass is 10.2. The van der Waals surface area contributed by atoms with Crippen LogP contribution in [-0.2, 0) is 0 Å². The van der Waals surface area contributed by atoms with Gasteiger partial charge in [-0.2, -0.15) is 15.8 Å². The molecule has 1 heterocycles. The highest BCUT2D eigenvalue weighted by molar-refractivity contribution is 5.65. The molecule has 0 atom stereocenters. The van der Waals surface area contributed by atoms with E-state index >= 15 is 0 Å². The third-order valence-electron chi connectivity index (χ3n) is 1.85. The van der Waals surface area contributed by atoms with Crippen LogP contribution >= 0.6 is 0 Å². The van der Waals surface area contributed by atoms with Gasteiger partial charge in [-0.25, -0.2) is 4.98 Å². The van der Waals surface area contributed by atoms with Crippen molar-refractivity contribution >= 4 is 11.5 Å². The smallest absolute Gasteiger partial charge is 0.153 e. The number of nitrogen functional groups attached to an aromatic ring is 1. The lowest BCUT2D eigenvalue weighted by molar-refractivity contribution is 0.937. The molecule has 6 heteroatoms. The van der Waals surface area contributed by atoms with E-state index in [4.69, 9.17) is 21.5 Å². The number of nitrogens with two attached hydrogens (primary N) is 1. The van der Waals surface area contributed by atoms with Crippen LogP contribution in [0.5, 0.6) is 0 Å². The Kier molecular flexibility index (Phi) is 3.66. The highest BCUT2D eigenvalue weighted by Gasteiger charge is 2.11. The van der Waals surface area contributed by atoms with E-state index in [0.29, 0.717) is 11.4 Å². The SMILES string of the molecule is N#CCN(CC#N)c1ncc(C#N)cc1N. The Hall–Kier alpha value is -2.78. The lowest BCUT2D eigenvalue weighted by Gasteiger charge is -2.18. The molecule has 0 radical (unpaired) electrons. The van der Waals surface area contributed by atoms with Crippen LogP contribution in [0, 0.1) is 34.0 Å². The molecule has 0 aliphatic carbocycles. The molecule has 16 heavy (non-hydrogen) atoms. The minimum absolute atomic E-state index is 0.0245. The molecule has 0 aromatic carbocycles. The number of pyridine rings is 1. The van der Waals surface area contributed by atoms with Gasteiger partial charge in [-0.3, -0.25) is 0 Å². The molecule has 1 aromatic heterocycles. The molecule has 0 saturated heterocycles. The molecule has 6 nitrogen and oxygen atoms in total. The average Bonchev–Trinajstić information content (AvgIpc) is 2.29. The maximum absolute atomic E-state index is 8.63. The monoisotopic (exact) mass is 212 g/mol. The maximum atomic E-state index is 8.63. The standard InChI is InChI=1S/C10H8N6/c11-1-3-16(4-2-12)10-9(14)5-8(6-13)7-15-10/h5,7H,3-4,14H2. The second-order valence-electron chi connectivity index (χ2n) is 2.92. The molecule has 0 spiro atoms. The number of nitrogens with zero attached hydrogens (tertiary/aromatic N) is 5. The Bertz CT molecular complexity index is 486. The Morgan fingerprint density at radius 2 is 1.88 bits per heavy atom. The fourth-order valence-corrected chi connectivity index (χ4v) is 1.18. The lowest BCUT2D eigenvalue weighted by Crippen LogP contribution is -2.25. The molecule has 0 amide bonds. The summed E-state index contributed by atoms with van der Waals surface area (Å²) in [5.41, 5.74) is 6.31. The Labute approximate surface area is 92.8 Å². The third kappa shape index (κ3) is 2.37. The van der Waals surface area contributed by atoms with E-state index < -0.39 is 0 Å². The van der Waals surface area contributed by atoms with Crippen molar-refractivity contribution in [3.8, 4) is 18.2 Å². The van der Waals surface area contributed by atoms with Crippen molar-refractivity contribution in [3.63, 3.8) is 0 Å². The highest BCUT2D eigenvalue weighted by Crippen LogP contribution is 2.20. The molecular formula is C10H8N6. The van der Waals surface area contributed by atoms with E-state index in [1.807, 2.05) is 18.2 Å². The van der Waals surface area contributed by atoms with Crippen LogP contribution in [0.1, 0.15) is 5.56 Å². The normalized spacial score (nSPS) is 8.56. The summed E-state index contributed by atoms with van der Waals surface area (Å²) in [5, 5.41) is 25.8. The summed E-state index contributed by atoms with van der Waals surface area (Å²) in [6.45, 7) is 0.0489. The number of hydrogen-bond acceptors (Lipinski definition) is 6. The van der Waals surface area contributed by atoms with Crippen molar-refractivity contribution in [2.75, 3.05) is 23.7 Å². The second kappa shape index (κ2) is 5.19. The van der Waals surface area contributed by atoms with E-state index in [0.717, 1.165) is 0 Å². The van der Waals surface area contributed by atoms with Gasteiger partial charge in [-0.1, -0.05) is 0 Å². The summed E-state index contributed by atoms with van der Waals surface area (Å²) < 4.78 is 0. The van der Waals surface area contributed by atoms with Gasteiger partial charge in [0.1, 0.15) is 19.2 Å². The molecule has 0 aliphatic rings. The van der Waals surface area contributed by atoms with Gasteiger partial charge in [0.25, 0.3) is 0 Å². The minimum atomic E-state index is 0.0245. The summed E-state index contributed by atoms with van der Waals surface area (Å²) in [6, 6.07) is 7.21. The molecule has 0 fully saturated rings. The van der Waals surface area contributed by atoms with Crippen LogP contribution in [0.2, 0.25) is 0 Å². The molecule has 78 valence electrons. The molecule has 2 N–H and O–H groups in total. The first-order chi connectivity index (χ1) is 7.72.